The fraction of sp³-hybridized carbons (Fsp3) is 0.0588. The van der Waals surface area contributed by atoms with Crippen molar-refractivity contribution in [2.75, 3.05) is 7.11 Å². The molecule has 0 spiro atoms. The zero-order valence-corrected chi connectivity index (χ0v) is 12.9. The normalized spacial score (nSPS) is 10.3. The van der Waals surface area contributed by atoms with E-state index in [0.29, 0.717) is 16.9 Å². The van der Waals surface area contributed by atoms with Gasteiger partial charge in [-0.3, -0.25) is 4.79 Å². The lowest BCUT2D eigenvalue weighted by Gasteiger charge is -2.04. The predicted octanol–water partition coefficient (Wildman–Crippen LogP) is 4.23. The summed E-state index contributed by atoms with van der Waals surface area (Å²) in [6, 6.07) is 14.1. The minimum atomic E-state index is -0.124. The van der Waals surface area contributed by atoms with Gasteiger partial charge in [0.05, 0.1) is 18.7 Å². The highest BCUT2D eigenvalue weighted by molar-refractivity contribution is 9.10. The van der Waals surface area contributed by atoms with Crippen LogP contribution in [0.25, 0.3) is 6.08 Å². The summed E-state index contributed by atoms with van der Waals surface area (Å²) in [5.74, 6) is 0.573. The molecule has 0 saturated heterocycles. The molecule has 2 aromatic rings. The van der Waals surface area contributed by atoms with Crippen LogP contribution in [0, 0.1) is 11.3 Å². The zero-order chi connectivity index (χ0) is 15.2. The molecule has 0 heterocycles. The van der Waals surface area contributed by atoms with Crippen molar-refractivity contribution in [1.29, 1.82) is 5.26 Å². The van der Waals surface area contributed by atoms with Crippen molar-refractivity contribution in [3.8, 4) is 11.8 Å². The second-order valence-electron chi connectivity index (χ2n) is 4.27. The SMILES string of the molecule is COc1ccc(Br)cc1C=CC(=O)c1ccc(C#N)cc1. The number of hydrogen-bond donors (Lipinski definition) is 0. The Hall–Kier alpha value is -2.38. The molecule has 0 aromatic heterocycles. The summed E-state index contributed by atoms with van der Waals surface area (Å²) in [4.78, 5) is 12.1. The maximum absolute atomic E-state index is 12.1. The smallest absolute Gasteiger partial charge is 0.185 e. The second kappa shape index (κ2) is 6.87. The summed E-state index contributed by atoms with van der Waals surface area (Å²) in [7, 11) is 1.59. The first-order valence-electron chi connectivity index (χ1n) is 6.20. The largest absolute Gasteiger partial charge is 0.496 e. The Kier molecular flexibility index (Phi) is 4.91. The third-order valence-electron chi connectivity index (χ3n) is 2.90. The van der Waals surface area contributed by atoms with Gasteiger partial charge in [0.1, 0.15) is 5.75 Å². The van der Waals surface area contributed by atoms with Crippen LogP contribution in [0.1, 0.15) is 21.5 Å². The third kappa shape index (κ3) is 3.80. The van der Waals surface area contributed by atoms with E-state index in [1.807, 2.05) is 24.3 Å². The number of methoxy groups -OCH3 is 1. The Balaban J connectivity index is 2.22. The number of carbonyl (C=O) groups is 1. The van der Waals surface area contributed by atoms with E-state index < -0.39 is 0 Å². The van der Waals surface area contributed by atoms with Crippen molar-refractivity contribution in [3.63, 3.8) is 0 Å². The minimum absolute atomic E-state index is 0.124. The van der Waals surface area contributed by atoms with Crippen LogP contribution < -0.4 is 4.74 Å². The first-order valence-corrected chi connectivity index (χ1v) is 6.99. The lowest BCUT2D eigenvalue weighted by Crippen LogP contribution is -1.94. The van der Waals surface area contributed by atoms with E-state index in [1.54, 1.807) is 37.5 Å². The summed E-state index contributed by atoms with van der Waals surface area (Å²) in [6.07, 6.45) is 3.20. The molecule has 0 saturated carbocycles. The molecule has 2 rings (SSSR count). The predicted molar refractivity (Wildman–Crippen MR) is 85.2 cm³/mol. The Morgan fingerprint density at radius 2 is 1.95 bits per heavy atom. The fourth-order valence-electron chi connectivity index (χ4n) is 1.81. The van der Waals surface area contributed by atoms with Gasteiger partial charge in [0.15, 0.2) is 5.78 Å². The van der Waals surface area contributed by atoms with Crippen molar-refractivity contribution in [1.82, 2.24) is 0 Å². The van der Waals surface area contributed by atoms with Crippen LogP contribution >= 0.6 is 15.9 Å². The summed E-state index contributed by atoms with van der Waals surface area (Å²) in [5, 5.41) is 8.74. The van der Waals surface area contributed by atoms with Gasteiger partial charge in [-0.1, -0.05) is 15.9 Å². The number of halogens is 1. The second-order valence-corrected chi connectivity index (χ2v) is 5.19. The molecule has 0 unspecified atom stereocenters. The van der Waals surface area contributed by atoms with Gasteiger partial charge in [-0.15, -0.1) is 0 Å². The number of benzene rings is 2. The number of rotatable bonds is 4. The van der Waals surface area contributed by atoms with Gasteiger partial charge >= 0.3 is 0 Å². The summed E-state index contributed by atoms with van der Waals surface area (Å²) in [6.45, 7) is 0. The molecule has 0 aliphatic rings. The van der Waals surface area contributed by atoms with Crippen LogP contribution in [0.3, 0.4) is 0 Å². The van der Waals surface area contributed by atoms with E-state index in [0.717, 1.165) is 10.0 Å². The molecule has 0 aliphatic carbocycles. The molecule has 2 aromatic carbocycles. The molecule has 0 N–H and O–H groups in total. The number of nitrogens with zero attached hydrogens (tertiary/aromatic N) is 1. The Morgan fingerprint density at radius 3 is 2.57 bits per heavy atom. The highest BCUT2D eigenvalue weighted by Crippen LogP contribution is 2.24. The molecular formula is C17H12BrNO2. The molecule has 4 heteroatoms. The van der Waals surface area contributed by atoms with Crippen molar-refractivity contribution in [2.45, 2.75) is 0 Å². The van der Waals surface area contributed by atoms with Gasteiger partial charge in [0.25, 0.3) is 0 Å². The van der Waals surface area contributed by atoms with E-state index in [-0.39, 0.29) is 5.78 Å². The van der Waals surface area contributed by atoms with E-state index >= 15 is 0 Å². The van der Waals surface area contributed by atoms with E-state index in [9.17, 15) is 4.79 Å². The highest BCUT2D eigenvalue weighted by Gasteiger charge is 2.04. The summed E-state index contributed by atoms with van der Waals surface area (Å²) >= 11 is 3.39. The van der Waals surface area contributed by atoms with Gasteiger partial charge in [-0.2, -0.15) is 5.26 Å². The standard InChI is InChI=1S/C17H12BrNO2/c1-21-17-9-7-15(18)10-14(17)6-8-16(20)13-4-2-12(11-19)3-5-13/h2-10H,1H3. The monoisotopic (exact) mass is 341 g/mol. The van der Waals surface area contributed by atoms with Gasteiger partial charge in [0.2, 0.25) is 0 Å². The van der Waals surface area contributed by atoms with E-state index in [1.165, 1.54) is 6.08 Å². The maximum Gasteiger partial charge on any atom is 0.185 e. The van der Waals surface area contributed by atoms with Gasteiger partial charge in [-0.25, -0.2) is 0 Å². The molecular weight excluding hydrogens is 330 g/mol. The number of hydrogen-bond acceptors (Lipinski definition) is 3. The Bertz CT molecular complexity index is 727. The molecule has 0 amide bonds. The molecule has 0 radical (unpaired) electrons. The minimum Gasteiger partial charge on any atom is -0.496 e. The molecule has 0 aliphatic heterocycles. The van der Waals surface area contributed by atoms with Crippen LogP contribution in [0.2, 0.25) is 0 Å². The molecule has 0 fully saturated rings. The first-order chi connectivity index (χ1) is 10.1. The van der Waals surface area contributed by atoms with Crippen molar-refractivity contribution in [2.24, 2.45) is 0 Å². The van der Waals surface area contributed by atoms with E-state index in [4.69, 9.17) is 10.00 Å². The molecule has 21 heavy (non-hydrogen) atoms. The van der Waals surface area contributed by atoms with Gasteiger partial charge in [-0.05, 0) is 54.6 Å². The molecule has 0 atom stereocenters. The Labute approximate surface area is 131 Å². The average Bonchev–Trinajstić information content (AvgIpc) is 2.52. The van der Waals surface area contributed by atoms with Gasteiger partial charge in [0, 0.05) is 15.6 Å². The van der Waals surface area contributed by atoms with Crippen LogP contribution in [-0.2, 0) is 0 Å². The van der Waals surface area contributed by atoms with Crippen LogP contribution in [-0.4, -0.2) is 12.9 Å². The van der Waals surface area contributed by atoms with Crippen LogP contribution in [0.5, 0.6) is 5.75 Å². The summed E-state index contributed by atoms with van der Waals surface area (Å²) in [5.41, 5.74) is 1.89. The number of nitriles is 1. The van der Waals surface area contributed by atoms with Crippen molar-refractivity contribution in [3.05, 3.63) is 69.7 Å². The van der Waals surface area contributed by atoms with Crippen LogP contribution in [0.4, 0.5) is 0 Å². The quantitative estimate of drug-likeness (QED) is 0.617. The summed E-state index contributed by atoms with van der Waals surface area (Å²) < 4.78 is 6.16. The Morgan fingerprint density at radius 1 is 1.24 bits per heavy atom. The van der Waals surface area contributed by atoms with Crippen LogP contribution in [0.15, 0.2) is 53.0 Å². The average molecular weight is 342 g/mol. The first kappa shape index (κ1) is 15.0. The van der Waals surface area contributed by atoms with Crippen molar-refractivity contribution >= 4 is 27.8 Å². The maximum atomic E-state index is 12.1. The van der Waals surface area contributed by atoms with E-state index in [2.05, 4.69) is 15.9 Å². The lowest BCUT2D eigenvalue weighted by atomic mass is 10.1. The third-order valence-corrected chi connectivity index (χ3v) is 3.40. The molecule has 104 valence electrons. The molecule has 3 nitrogen and oxygen atoms in total. The number of ketones is 1. The van der Waals surface area contributed by atoms with Crippen molar-refractivity contribution < 1.29 is 9.53 Å². The zero-order valence-electron chi connectivity index (χ0n) is 11.3. The highest BCUT2D eigenvalue weighted by atomic mass is 79.9. The topological polar surface area (TPSA) is 50.1 Å². The molecule has 0 bridgehead atoms. The number of ether oxygens (including phenoxy) is 1. The lowest BCUT2D eigenvalue weighted by molar-refractivity contribution is 0.104. The number of carbonyl (C=O) groups excluding carboxylic acids is 1. The van der Waals surface area contributed by atoms with Gasteiger partial charge < -0.3 is 4.74 Å². The fourth-order valence-corrected chi connectivity index (χ4v) is 2.18. The number of allylic oxidation sites excluding steroid dienone is 1.